The molecule has 3 aromatic rings. The van der Waals surface area contributed by atoms with Crippen molar-refractivity contribution < 1.29 is 0 Å². The van der Waals surface area contributed by atoms with Crippen LogP contribution in [-0.4, -0.2) is 29.0 Å². The van der Waals surface area contributed by atoms with Gasteiger partial charge in [-0.3, -0.25) is 0 Å². The van der Waals surface area contributed by atoms with Crippen molar-refractivity contribution in [3.05, 3.63) is 54.1 Å². The van der Waals surface area contributed by atoms with Gasteiger partial charge in [0.1, 0.15) is 17.7 Å². The molecule has 0 unspecified atom stereocenters. The maximum atomic E-state index is 4.23. The van der Waals surface area contributed by atoms with E-state index in [0.717, 1.165) is 28.0 Å². The number of aromatic nitrogens is 3. The number of H-pyrrole nitrogens is 1. The van der Waals surface area contributed by atoms with Gasteiger partial charge in [0.05, 0.1) is 5.39 Å². The molecule has 0 saturated heterocycles. The highest BCUT2D eigenvalue weighted by Gasteiger charge is 2.00. The molecule has 4 heteroatoms. The minimum Gasteiger partial charge on any atom is -0.378 e. The van der Waals surface area contributed by atoms with E-state index < -0.39 is 0 Å². The van der Waals surface area contributed by atoms with Crippen molar-refractivity contribution in [2.45, 2.75) is 0 Å². The molecule has 0 radical (unpaired) electrons. The van der Waals surface area contributed by atoms with Crippen molar-refractivity contribution in [3.63, 3.8) is 0 Å². The Morgan fingerprint density at radius 1 is 1.00 bits per heavy atom. The van der Waals surface area contributed by atoms with E-state index in [-0.39, 0.29) is 0 Å². The van der Waals surface area contributed by atoms with Crippen molar-refractivity contribution in [2.75, 3.05) is 19.0 Å². The number of rotatable bonds is 1. The first-order chi connectivity index (χ1) is 9.74. The van der Waals surface area contributed by atoms with E-state index in [1.807, 2.05) is 38.5 Å². The van der Waals surface area contributed by atoms with Crippen LogP contribution in [0.5, 0.6) is 0 Å². The minimum absolute atomic E-state index is 0.743. The molecule has 0 aliphatic carbocycles. The van der Waals surface area contributed by atoms with Gasteiger partial charge in [-0.2, -0.15) is 0 Å². The molecular weight excluding hydrogens is 248 g/mol. The van der Waals surface area contributed by atoms with Crippen LogP contribution >= 0.6 is 0 Å². The van der Waals surface area contributed by atoms with Gasteiger partial charge < -0.3 is 9.88 Å². The zero-order chi connectivity index (χ0) is 13.9. The maximum Gasteiger partial charge on any atom is 0.141 e. The molecule has 0 saturated carbocycles. The highest BCUT2D eigenvalue weighted by Crippen LogP contribution is 2.13. The van der Waals surface area contributed by atoms with E-state index in [2.05, 4.69) is 43.8 Å². The van der Waals surface area contributed by atoms with Gasteiger partial charge in [0.2, 0.25) is 0 Å². The third-order valence-electron chi connectivity index (χ3n) is 3.06. The molecule has 0 bridgehead atoms. The number of benzene rings is 1. The van der Waals surface area contributed by atoms with Crippen LogP contribution in [0.3, 0.4) is 0 Å². The molecule has 0 spiro atoms. The van der Waals surface area contributed by atoms with Gasteiger partial charge >= 0.3 is 0 Å². The largest absolute Gasteiger partial charge is 0.378 e. The fraction of sp³-hybridized carbons (Fsp3) is 0.125. The summed E-state index contributed by atoms with van der Waals surface area (Å²) >= 11 is 0. The number of nitrogens with one attached hydrogen (secondary N) is 1. The Hall–Kier alpha value is -2.80. The summed E-state index contributed by atoms with van der Waals surface area (Å²) in [4.78, 5) is 13.5. The Morgan fingerprint density at radius 3 is 2.55 bits per heavy atom. The van der Waals surface area contributed by atoms with E-state index in [1.54, 1.807) is 0 Å². The zero-order valence-corrected chi connectivity index (χ0v) is 11.4. The Labute approximate surface area is 117 Å². The molecule has 0 fully saturated rings. The topological polar surface area (TPSA) is 44.8 Å². The van der Waals surface area contributed by atoms with Crippen LogP contribution < -0.4 is 4.90 Å². The number of fused-ring (bicyclic) bond motifs is 1. The molecule has 3 rings (SSSR count). The van der Waals surface area contributed by atoms with Crippen molar-refractivity contribution in [1.82, 2.24) is 15.0 Å². The smallest absolute Gasteiger partial charge is 0.141 e. The van der Waals surface area contributed by atoms with Gasteiger partial charge in [-0.1, -0.05) is 5.92 Å². The fourth-order valence-corrected chi connectivity index (χ4v) is 1.95. The van der Waals surface area contributed by atoms with Gasteiger partial charge in [-0.25, -0.2) is 9.97 Å². The third-order valence-corrected chi connectivity index (χ3v) is 3.06. The molecule has 0 aliphatic rings. The Bertz CT molecular complexity index is 788. The van der Waals surface area contributed by atoms with Crippen LogP contribution in [0, 0.1) is 11.8 Å². The van der Waals surface area contributed by atoms with Gasteiger partial charge in [0.25, 0.3) is 0 Å². The molecule has 0 aliphatic heterocycles. The summed E-state index contributed by atoms with van der Waals surface area (Å²) in [7, 11) is 4.04. The lowest BCUT2D eigenvalue weighted by atomic mass is 10.2. The molecule has 98 valence electrons. The predicted molar refractivity (Wildman–Crippen MR) is 80.6 cm³/mol. The number of hydrogen-bond donors (Lipinski definition) is 1. The minimum atomic E-state index is 0.743. The monoisotopic (exact) mass is 262 g/mol. The van der Waals surface area contributed by atoms with Crippen molar-refractivity contribution in [1.29, 1.82) is 0 Å². The molecule has 1 N–H and O–H groups in total. The highest BCUT2D eigenvalue weighted by molar-refractivity contribution is 5.80. The van der Waals surface area contributed by atoms with Crippen molar-refractivity contribution in [2.24, 2.45) is 0 Å². The lowest BCUT2D eigenvalue weighted by Crippen LogP contribution is -2.07. The van der Waals surface area contributed by atoms with Gasteiger partial charge in [-0.05, 0) is 36.3 Å². The average Bonchev–Trinajstić information content (AvgIpc) is 2.94. The second-order valence-electron chi connectivity index (χ2n) is 4.65. The first kappa shape index (κ1) is 12.2. The molecule has 2 aromatic heterocycles. The van der Waals surface area contributed by atoms with Crippen LogP contribution in [0.4, 0.5) is 5.69 Å². The summed E-state index contributed by atoms with van der Waals surface area (Å²) < 4.78 is 0. The Kier molecular flexibility index (Phi) is 3.10. The van der Waals surface area contributed by atoms with Crippen LogP contribution in [0.15, 0.2) is 42.9 Å². The zero-order valence-electron chi connectivity index (χ0n) is 11.4. The number of aromatic amines is 1. The quantitative estimate of drug-likeness (QED) is 0.685. The lowest BCUT2D eigenvalue weighted by molar-refractivity contribution is 1.13. The first-order valence-corrected chi connectivity index (χ1v) is 6.31. The number of hydrogen-bond acceptors (Lipinski definition) is 3. The molecule has 4 nitrogen and oxygen atoms in total. The van der Waals surface area contributed by atoms with E-state index in [4.69, 9.17) is 0 Å². The normalized spacial score (nSPS) is 10.1. The summed E-state index contributed by atoms with van der Waals surface area (Å²) in [6.07, 6.45) is 3.37. The van der Waals surface area contributed by atoms with Crippen LogP contribution in [0.25, 0.3) is 11.0 Å². The number of nitrogens with zero attached hydrogens (tertiary/aromatic N) is 3. The van der Waals surface area contributed by atoms with Gasteiger partial charge in [0.15, 0.2) is 0 Å². The second-order valence-corrected chi connectivity index (χ2v) is 4.65. The molecule has 0 atom stereocenters. The average molecular weight is 262 g/mol. The van der Waals surface area contributed by atoms with Crippen molar-refractivity contribution >= 4 is 16.7 Å². The first-order valence-electron chi connectivity index (χ1n) is 6.31. The lowest BCUT2D eigenvalue weighted by Gasteiger charge is -2.11. The van der Waals surface area contributed by atoms with E-state index in [0.29, 0.717) is 0 Å². The Morgan fingerprint density at radius 2 is 1.80 bits per heavy atom. The van der Waals surface area contributed by atoms with E-state index in [9.17, 15) is 0 Å². The molecular formula is C16H14N4. The summed E-state index contributed by atoms with van der Waals surface area (Å²) in [6, 6.07) is 10.1. The summed E-state index contributed by atoms with van der Waals surface area (Å²) in [5, 5.41) is 0.949. The number of anilines is 1. The molecule has 2 heterocycles. The van der Waals surface area contributed by atoms with E-state index >= 15 is 0 Å². The summed E-state index contributed by atoms with van der Waals surface area (Å²) in [5.74, 6) is 6.24. The SMILES string of the molecule is CN(C)c1ccc(C#Cc2ncnc3[nH]ccc23)cc1. The molecule has 0 amide bonds. The predicted octanol–water partition coefficient (Wildman–Crippen LogP) is 2.42. The van der Waals surface area contributed by atoms with Crippen LogP contribution in [0.2, 0.25) is 0 Å². The van der Waals surface area contributed by atoms with Gasteiger partial charge in [0, 0.05) is 31.5 Å². The summed E-state index contributed by atoms with van der Waals surface area (Å²) in [6.45, 7) is 0. The second kappa shape index (κ2) is 5.06. The fourth-order valence-electron chi connectivity index (χ4n) is 1.95. The summed E-state index contributed by atoms with van der Waals surface area (Å²) in [5.41, 5.74) is 3.68. The molecule has 1 aromatic carbocycles. The van der Waals surface area contributed by atoms with Gasteiger partial charge in [-0.15, -0.1) is 0 Å². The Balaban J connectivity index is 1.93. The maximum absolute atomic E-state index is 4.23. The van der Waals surface area contributed by atoms with Crippen molar-refractivity contribution in [3.8, 4) is 11.8 Å². The van der Waals surface area contributed by atoms with Crippen LogP contribution in [-0.2, 0) is 0 Å². The third kappa shape index (κ3) is 2.34. The highest BCUT2D eigenvalue weighted by atomic mass is 15.1. The van der Waals surface area contributed by atoms with Crippen LogP contribution in [0.1, 0.15) is 11.3 Å². The standard InChI is InChI=1S/C16H14N4/c1-20(2)13-6-3-12(4-7-13)5-8-15-14-9-10-17-16(14)19-11-18-15/h3-4,6-7,9-11H,1-2H3,(H,17,18,19). The molecule has 20 heavy (non-hydrogen) atoms. The van der Waals surface area contributed by atoms with E-state index in [1.165, 1.54) is 6.33 Å².